The summed E-state index contributed by atoms with van der Waals surface area (Å²) < 4.78 is 1.97. The zero-order valence-corrected chi connectivity index (χ0v) is 15.0. The van der Waals surface area contributed by atoms with E-state index < -0.39 is 0 Å². The Kier molecular flexibility index (Phi) is 5.06. The highest BCUT2D eigenvalue weighted by atomic mass is 35.5. The van der Waals surface area contributed by atoms with Gasteiger partial charge in [0.15, 0.2) is 0 Å². The molecule has 2 aromatic carbocycles. The first-order valence-electron chi connectivity index (χ1n) is 8.03. The highest BCUT2D eigenvalue weighted by molar-refractivity contribution is 6.30. The number of imidazole rings is 1. The van der Waals surface area contributed by atoms with E-state index in [-0.39, 0.29) is 6.42 Å². The standard InChI is InChI=1S/C20H19ClN4/c1-24(2)17-10-8-16(9-11-17)20-23-18(12-13-22)19(21)25(20)14-15-6-4-3-5-7-15/h3-11H,12,14H2,1-2H3. The maximum Gasteiger partial charge on any atom is 0.141 e. The molecule has 3 aromatic rings. The Balaban J connectivity index is 2.05. The molecule has 0 saturated carbocycles. The Morgan fingerprint density at radius 1 is 1.08 bits per heavy atom. The molecule has 5 heteroatoms. The monoisotopic (exact) mass is 350 g/mol. The number of benzene rings is 2. The first kappa shape index (κ1) is 17.1. The molecule has 0 amide bonds. The van der Waals surface area contributed by atoms with Crippen molar-refractivity contribution >= 4 is 17.3 Å². The van der Waals surface area contributed by atoms with Crippen molar-refractivity contribution in [1.29, 1.82) is 5.26 Å². The third-order valence-electron chi connectivity index (χ3n) is 4.04. The van der Waals surface area contributed by atoms with Gasteiger partial charge in [-0.1, -0.05) is 41.9 Å². The Hall–Kier alpha value is -2.77. The van der Waals surface area contributed by atoms with Gasteiger partial charge < -0.3 is 9.47 Å². The Bertz CT molecular complexity index is 890. The molecule has 0 N–H and O–H groups in total. The lowest BCUT2D eigenvalue weighted by Crippen LogP contribution is -2.08. The van der Waals surface area contributed by atoms with Crippen LogP contribution in [0.3, 0.4) is 0 Å². The Labute approximate surface area is 152 Å². The van der Waals surface area contributed by atoms with Gasteiger partial charge in [-0.3, -0.25) is 0 Å². The van der Waals surface area contributed by atoms with Crippen LogP contribution >= 0.6 is 11.6 Å². The van der Waals surface area contributed by atoms with Gasteiger partial charge in [0.2, 0.25) is 0 Å². The van der Waals surface area contributed by atoms with Crippen molar-refractivity contribution in [3.63, 3.8) is 0 Å². The van der Waals surface area contributed by atoms with E-state index in [0.717, 1.165) is 22.6 Å². The fourth-order valence-corrected chi connectivity index (χ4v) is 2.96. The Morgan fingerprint density at radius 2 is 1.76 bits per heavy atom. The minimum absolute atomic E-state index is 0.198. The van der Waals surface area contributed by atoms with Gasteiger partial charge in [0.25, 0.3) is 0 Å². The lowest BCUT2D eigenvalue weighted by Gasteiger charge is -2.13. The number of rotatable bonds is 5. The molecule has 0 radical (unpaired) electrons. The first-order chi connectivity index (χ1) is 12.1. The molecule has 0 atom stereocenters. The molecule has 0 fully saturated rings. The highest BCUT2D eigenvalue weighted by Gasteiger charge is 2.17. The highest BCUT2D eigenvalue weighted by Crippen LogP contribution is 2.28. The van der Waals surface area contributed by atoms with Crippen LogP contribution in [0.2, 0.25) is 5.15 Å². The van der Waals surface area contributed by atoms with Gasteiger partial charge in [0.1, 0.15) is 11.0 Å². The minimum Gasteiger partial charge on any atom is -0.378 e. The number of halogens is 1. The lowest BCUT2D eigenvalue weighted by atomic mass is 10.1. The van der Waals surface area contributed by atoms with Crippen molar-refractivity contribution in [2.75, 3.05) is 19.0 Å². The van der Waals surface area contributed by atoms with E-state index >= 15 is 0 Å². The summed E-state index contributed by atoms with van der Waals surface area (Å²) in [6.45, 7) is 0.614. The molecule has 0 saturated heterocycles. The van der Waals surface area contributed by atoms with E-state index in [0.29, 0.717) is 17.4 Å². The molecule has 4 nitrogen and oxygen atoms in total. The number of aromatic nitrogens is 2. The zero-order chi connectivity index (χ0) is 17.8. The molecule has 0 spiro atoms. The molecule has 0 bridgehead atoms. The predicted molar refractivity (Wildman–Crippen MR) is 102 cm³/mol. The van der Waals surface area contributed by atoms with Crippen LogP contribution in [0, 0.1) is 11.3 Å². The number of hydrogen-bond donors (Lipinski definition) is 0. The van der Waals surface area contributed by atoms with E-state index in [2.05, 4.69) is 35.3 Å². The quantitative estimate of drug-likeness (QED) is 0.685. The van der Waals surface area contributed by atoms with Gasteiger partial charge in [0, 0.05) is 25.3 Å². The summed E-state index contributed by atoms with van der Waals surface area (Å²) in [6.07, 6.45) is 0.198. The molecule has 0 aliphatic carbocycles. The predicted octanol–water partition coefficient (Wildman–Crippen LogP) is 4.38. The molecule has 0 unspecified atom stereocenters. The van der Waals surface area contributed by atoms with Crippen molar-refractivity contribution in [3.05, 3.63) is 71.0 Å². The van der Waals surface area contributed by atoms with Crippen LogP contribution in [-0.4, -0.2) is 23.6 Å². The SMILES string of the molecule is CN(C)c1ccc(-c2nc(CC#N)c(Cl)n2Cc2ccccc2)cc1. The maximum absolute atomic E-state index is 9.04. The average molecular weight is 351 g/mol. The van der Waals surface area contributed by atoms with Crippen LogP contribution in [0.25, 0.3) is 11.4 Å². The molecule has 3 rings (SSSR count). The van der Waals surface area contributed by atoms with Gasteiger partial charge in [-0.05, 0) is 29.8 Å². The molecule has 25 heavy (non-hydrogen) atoms. The van der Waals surface area contributed by atoms with E-state index in [1.54, 1.807) is 0 Å². The summed E-state index contributed by atoms with van der Waals surface area (Å²) in [4.78, 5) is 6.69. The van der Waals surface area contributed by atoms with Crippen LogP contribution < -0.4 is 4.90 Å². The summed E-state index contributed by atoms with van der Waals surface area (Å²) in [5.74, 6) is 0.782. The molecular formula is C20H19ClN4. The molecule has 126 valence electrons. The van der Waals surface area contributed by atoms with E-state index in [1.165, 1.54) is 0 Å². The van der Waals surface area contributed by atoms with E-state index in [1.807, 2.05) is 53.9 Å². The average Bonchev–Trinajstić information content (AvgIpc) is 2.93. The molecule has 1 aromatic heterocycles. The lowest BCUT2D eigenvalue weighted by molar-refractivity contribution is 0.807. The smallest absolute Gasteiger partial charge is 0.141 e. The third kappa shape index (κ3) is 3.67. The van der Waals surface area contributed by atoms with Gasteiger partial charge in [-0.25, -0.2) is 4.98 Å². The molecular weight excluding hydrogens is 332 g/mol. The largest absolute Gasteiger partial charge is 0.378 e. The number of nitriles is 1. The normalized spacial score (nSPS) is 10.5. The van der Waals surface area contributed by atoms with Crippen molar-refractivity contribution in [2.24, 2.45) is 0 Å². The van der Waals surface area contributed by atoms with E-state index in [9.17, 15) is 0 Å². The Morgan fingerprint density at radius 3 is 2.36 bits per heavy atom. The second-order valence-corrected chi connectivity index (χ2v) is 6.38. The summed E-state index contributed by atoms with van der Waals surface area (Å²) >= 11 is 6.53. The number of nitrogens with zero attached hydrogens (tertiary/aromatic N) is 4. The third-order valence-corrected chi connectivity index (χ3v) is 4.47. The summed E-state index contributed by atoms with van der Waals surface area (Å²) in [7, 11) is 4.01. The molecule has 1 heterocycles. The molecule has 0 aliphatic heterocycles. The minimum atomic E-state index is 0.198. The van der Waals surface area contributed by atoms with Crippen LogP contribution in [0.5, 0.6) is 0 Å². The van der Waals surface area contributed by atoms with Crippen LogP contribution in [0.1, 0.15) is 11.3 Å². The van der Waals surface area contributed by atoms with Crippen molar-refractivity contribution in [2.45, 2.75) is 13.0 Å². The first-order valence-corrected chi connectivity index (χ1v) is 8.41. The second kappa shape index (κ2) is 7.42. The van der Waals surface area contributed by atoms with Crippen molar-refractivity contribution in [3.8, 4) is 17.5 Å². The topological polar surface area (TPSA) is 44.9 Å². The summed E-state index contributed by atoms with van der Waals surface area (Å²) in [5, 5.41) is 9.56. The van der Waals surface area contributed by atoms with Crippen molar-refractivity contribution in [1.82, 2.24) is 9.55 Å². The second-order valence-electron chi connectivity index (χ2n) is 6.02. The zero-order valence-electron chi connectivity index (χ0n) is 14.3. The summed E-state index contributed by atoms with van der Waals surface area (Å²) in [6, 6.07) is 20.4. The number of anilines is 1. The van der Waals surface area contributed by atoms with Gasteiger partial charge in [-0.2, -0.15) is 5.26 Å². The molecule has 0 aliphatic rings. The maximum atomic E-state index is 9.04. The van der Waals surface area contributed by atoms with Crippen LogP contribution in [0.15, 0.2) is 54.6 Å². The van der Waals surface area contributed by atoms with Crippen LogP contribution in [-0.2, 0) is 13.0 Å². The van der Waals surface area contributed by atoms with Crippen molar-refractivity contribution < 1.29 is 0 Å². The van der Waals surface area contributed by atoms with Gasteiger partial charge in [0.05, 0.1) is 24.7 Å². The number of hydrogen-bond acceptors (Lipinski definition) is 3. The fraction of sp³-hybridized carbons (Fsp3) is 0.200. The van der Waals surface area contributed by atoms with Crippen LogP contribution in [0.4, 0.5) is 5.69 Å². The summed E-state index contributed by atoms with van der Waals surface area (Å²) in [5.41, 5.74) is 3.85. The van der Waals surface area contributed by atoms with E-state index in [4.69, 9.17) is 16.9 Å². The van der Waals surface area contributed by atoms with Gasteiger partial charge in [-0.15, -0.1) is 0 Å². The van der Waals surface area contributed by atoms with Gasteiger partial charge >= 0.3 is 0 Å². The fourth-order valence-electron chi connectivity index (χ4n) is 2.71.